The number of amides is 2. The van der Waals surface area contributed by atoms with Gasteiger partial charge < -0.3 is 20.2 Å². The number of rotatable bonds is 5. The molecule has 1 aliphatic heterocycles. The van der Waals surface area contributed by atoms with E-state index < -0.39 is 11.5 Å². The smallest absolute Gasteiger partial charge is 0.329 e. The van der Waals surface area contributed by atoms with E-state index in [9.17, 15) is 14.7 Å². The molecule has 0 aromatic carbocycles. The van der Waals surface area contributed by atoms with Crippen LogP contribution in [0, 0.1) is 0 Å². The van der Waals surface area contributed by atoms with Crippen molar-refractivity contribution in [3.8, 4) is 0 Å². The number of nitrogens with zero attached hydrogens (tertiary/aromatic N) is 2. The zero-order valence-corrected chi connectivity index (χ0v) is 11.4. The van der Waals surface area contributed by atoms with Gasteiger partial charge in [-0.05, 0) is 33.4 Å². The molecule has 18 heavy (non-hydrogen) atoms. The van der Waals surface area contributed by atoms with E-state index in [2.05, 4.69) is 10.2 Å². The van der Waals surface area contributed by atoms with Crippen molar-refractivity contribution in [1.29, 1.82) is 0 Å². The number of carboxylic acids is 1. The third-order valence-corrected chi connectivity index (χ3v) is 3.66. The largest absolute Gasteiger partial charge is 0.480 e. The first-order valence-electron chi connectivity index (χ1n) is 6.39. The molecule has 1 saturated heterocycles. The topological polar surface area (TPSA) is 72.9 Å². The molecule has 0 bridgehead atoms. The molecule has 1 atom stereocenters. The average Bonchev–Trinajstić information content (AvgIpc) is 2.72. The van der Waals surface area contributed by atoms with Gasteiger partial charge in [-0.2, -0.15) is 0 Å². The third kappa shape index (κ3) is 3.13. The Morgan fingerprint density at radius 3 is 2.72 bits per heavy atom. The van der Waals surface area contributed by atoms with Crippen molar-refractivity contribution >= 4 is 12.0 Å². The van der Waals surface area contributed by atoms with Crippen LogP contribution in [0.15, 0.2) is 0 Å². The number of likely N-dealkylation sites (tertiary alicyclic amines) is 1. The molecular weight excluding hydrogens is 234 g/mol. The second-order valence-electron chi connectivity index (χ2n) is 4.96. The number of nitrogens with one attached hydrogen (secondary N) is 1. The van der Waals surface area contributed by atoms with Crippen LogP contribution in [0.4, 0.5) is 4.79 Å². The van der Waals surface area contributed by atoms with Gasteiger partial charge in [-0.25, -0.2) is 9.59 Å². The van der Waals surface area contributed by atoms with E-state index in [1.807, 2.05) is 14.0 Å². The Morgan fingerprint density at radius 1 is 1.50 bits per heavy atom. The minimum Gasteiger partial charge on any atom is -0.480 e. The average molecular weight is 257 g/mol. The van der Waals surface area contributed by atoms with Crippen LogP contribution in [-0.4, -0.2) is 65.7 Å². The molecule has 6 nitrogen and oxygen atoms in total. The lowest BCUT2D eigenvalue weighted by Gasteiger charge is -2.31. The molecule has 1 heterocycles. The summed E-state index contributed by atoms with van der Waals surface area (Å²) in [5, 5.41) is 12.0. The van der Waals surface area contributed by atoms with Crippen molar-refractivity contribution in [2.75, 3.05) is 33.2 Å². The second-order valence-corrected chi connectivity index (χ2v) is 4.96. The lowest BCUT2D eigenvalue weighted by atomic mass is 10.00. The van der Waals surface area contributed by atoms with E-state index in [-0.39, 0.29) is 6.03 Å². The lowest BCUT2D eigenvalue weighted by Crippen LogP contribution is -2.54. The van der Waals surface area contributed by atoms with Crippen LogP contribution in [-0.2, 0) is 4.79 Å². The van der Waals surface area contributed by atoms with Gasteiger partial charge >= 0.3 is 12.0 Å². The molecule has 1 unspecified atom stereocenters. The summed E-state index contributed by atoms with van der Waals surface area (Å²) in [7, 11) is 1.98. The maximum Gasteiger partial charge on any atom is 0.329 e. The Hall–Kier alpha value is -1.30. The summed E-state index contributed by atoms with van der Waals surface area (Å²) in [5.74, 6) is -0.930. The highest BCUT2D eigenvalue weighted by Gasteiger charge is 2.45. The monoisotopic (exact) mass is 257 g/mol. The van der Waals surface area contributed by atoms with Crippen molar-refractivity contribution in [2.24, 2.45) is 0 Å². The van der Waals surface area contributed by atoms with Crippen LogP contribution in [0.1, 0.15) is 26.7 Å². The van der Waals surface area contributed by atoms with Crippen molar-refractivity contribution < 1.29 is 14.7 Å². The molecule has 104 valence electrons. The van der Waals surface area contributed by atoms with Crippen molar-refractivity contribution in [3.05, 3.63) is 0 Å². The van der Waals surface area contributed by atoms with Gasteiger partial charge in [0.15, 0.2) is 0 Å². The molecule has 2 amide bonds. The van der Waals surface area contributed by atoms with E-state index in [1.165, 1.54) is 4.90 Å². The maximum atomic E-state index is 12.0. The molecule has 6 heteroatoms. The normalized spacial score (nSPS) is 23.4. The van der Waals surface area contributed by atoms with Crippen LogP contribution < -0.4 is 5.32 Å². The molecule has 2 N–H and O–H groups in total. The molecule has 0 aromatic rings. The number of hydrogen-bond acceptors (Lipinski definition) is 3. The summed E-state index contributed by atoms with van der Waals surface area (Å²) >= 11 is 0. The highest BCUT2D eigenvalue weighted by atomic mass is 16.4. The van der Waals surface area contributed by atoms with Crippen molar-refractivity contribution in [2.45, 2.75) is 32.2 Å². The molecule has 1 rings (SSSR count). The SMILES string of the molecule is CCN(C)CCNC(=O)N1CCCC1(C)C(=O)O. The van der Waals surface area contributed by atoms with Gasteiger partial charge in [-0.15, -0.1) is 0 Å². The molecule has 0 radical (unpaired) electrons. The van der Waals surface area contributed by atoms with E-state index in [1.54, 1.807) is 6.92 Å². The Bertz CT molecular complexity index is 322. The van der Waals surface area contributed by atoms with Gasteiger partial charge in [0.25, 0.3) is 0 Å². The van der Waals surface area contributed by atoms with Gasteiger partial charge in [0.1, 0.15) is 5.54 Å². The fourth-order valence-corrected chi connectivity index (χ4v) is 2.12. The van der Waals surface area contributed by atoms with Gasteiger partial charge in [0, 0.05) is 19.6 Å². The number of aliphatic carboxylic acids is 1. The van der Waals surface area contributed by atoms with Crippen LogP contribution in [0.5, 0.6) is 0 Å². The number of carboxylic acid groups (broad SMARTS) is 1. The number of urea groups is 1. The predicted molar refractivity (Wildman–Crippen MR) is 68.6 cm³/mol. The van der Waals surface area contributed by atoms with Crippen molar-refractivity contribution in [3.63, 3.8) is 0 Å². The van der Waals surface area contributed by atoms with Crippen molar-refractivity contribution in [1.82, 2.24) is 15.1 Å². The van der Waals surface area contributed by atoms with Crippen LogP contribution in [0.25, 0.3) is 0 Å². The number of carbonyl (C=O) groups is 2. The summed E-state index contributed by atoms with van der Waals surface area (Å²) in [5.41, 5.74) is -1.05. The minimum atomic E-state index is -1.05. The molecule has 0 saturated carbocycles. The Balaban J connectivity index is 2.49. The van der Waals surface area contributed by atoms with Gasteiger partial charge in [0.2, 0.25) is 0 Å². The summed E-state index contributed by atoms with van der Waals surface area (Å²) in [6, 6.07) is -0.276. The Labute approximate surface area is 108 Å². The fraction of sp³-hybridized carbons (Fsp3) is 0.833. The first-order chi connectivity index (χ1) is 8.41. The highest BCUT2D eigenvalue weighted by molar-refractivity contribution is 5.86. The molecule has 0 aromatic heterocycles. The molecule has 0 aliphatic carbocycles. The number of hydrogen-bond donors (Lipinski definition) is 2. The van der Waals surface area contributed by atoms with E-state index in [0.717, 1.165) is 19.5 Å². The standard InChI is InChI=1S/C12H23N3O3/c1-4-14(3)9-7-13-11(18)15-8-5-6-12(15,2)10(16)17/h4-9H2,1-3H3,(H,13,18)(H,16,17). The molecule has 1 fully saturated rings. The lowest BCUT2D eigenvalue weighted by molar-refractivity contribution is -0.147. The second kappa shape index (κ2) is 6.04. The number of likely N-dealkylation sites (N-methyl/N-ethyl adjacent to an activating group) is 1. The first kappa shape index (κ1) is 14.8. The number of carbonyl (C=O) groups excluding carboxylic acids is 1. The van der Waals surface area contributed by atoms with Crippen LogP contribution in [0.3, 0.4) is 0 Å². The summed E-state index contributed by atoms with van der Waals surface area (Å²) < 4.78 is 0. The summed E-state index contributed by atoms with van der Waals surface area (Å²) in [6.45, 7) is 6.39. The molecular formula is C12H23N3O3. The highest BCUT2D eigenvalue weighted by Crippen LogP contribution is 2.28. The minimum absolute atomic E-state index is 0.276. The van der Waals surface area contributed by atoms with Gasteiger partial charge in [-0.3, -0.25) is 0 Å². The first-order valence-corrected chi connectivity index (χ1v) is 6.39. The van der Waals surface area contributed by atoms with Crippen LogP contribution >= 0.6 is 0 Å². The Kier molecular flexibility index (Phi) is 4.95. The fourth-order valence-electron chi connectivity index (χ4n) is 2.12. The van der Waals surface area contributed by atoms with Gasteiger partial charge in [0.05, 0.1) is 0 Å². The zero-order chi connectivity index (χ0) is 13.8. The molecule has 1 aliphatic rings. The summed E-state index contributed by atoms with van der Waals surface area (Å²) in [4.78, 5) is 26.7. The zero-order valence-electron chi connectivity index (χ0n) is 11.4. The van der Waals surface area contributed by atoms with E-state index in [0.29, 0.717) is 19.5 Å². The quantitative estimate of drug-likeness (QED) is 0.756. The Morgan fingerprint density at radius 2 is 2.17 bits per heavy atom. The summed E-state index contributed by atoms with van der Waals surface area (Å²) in [6.07, 6.45) is 1.26. The maximum absolute atomic E-state index is 12.0. The van der Waals surface area contributed by atoms with E-state index in [4.69, 9.17) is 0 Å². The van der Waals surface area contributed by atoms with Gasteiger partial charge in [-0.1, -0.05) is 6.92 Å². The van der Waals surface area contributed by atoms with Crippen LogP contribution in [0.2, 0.25) is 0 Å². The van der Waals surface area contributed by atoms with E-state index >= 15 is 0 Å². The predicted octanol–water partition coefficient (Wildman–Crippen LogP) is 0.587. The third-order valence-electron chi connectivity index (χ3n) is 3.66. The molecule has 0 spiro atoms.